The van der Waals surface area contributed by atoms with Gasteiger partial charge in [-0.1, -0.05) is 0 Å². The molecule has 3 heterocycles. The molecule has 110 valence electrons. The van der Waals surface area contributed by atoms with Crippen molar-refractivity contribution in [2.24, 2.45) is 5.92 Å². The second-order valence-electron chi connectivity index (χ2n) is 6.31. The molecule has 1 aromatic heterocycles. The maximum Gasteiger partial charge on any atom is 0.107 e. The van der Waals surface area contributed by atoms with Crippen LogP contribution in [0.2, 0.25) is 0 Å². The van der Waals surface area contributed by atoms with E-state index in [4.69, 9.17) is 9.47 Å². The number of piperidine rings is 1. The minimum atomic E-state index is 0.446. The average Bonchev–Trinajstić information content (AvgIpc) is 3.13. The second kappa shape index (κ2) is 5.72. The van der Waals surface area contributed by atoms with E-state index in [-0.39, 0.29) is 0 Å². The molecule has 1 aliphatic carbocycles. The lowest BCUT2D eigenvalue weighted by Gasteiger charge is -2.48. The highest BCUT2D eigenvalue weighted by molar-refractivity contribution is 7.09. The van der Waals surface area contributed by atoms with E-state index in [1.807, 2.05) is 6.20 Å². The van der Waals surface area contributed by atoms with Crippen molar-refractivity contribution in [3.05, 3.63) is 16.6 Å². The topological polar surface area (TPSA) is 34.6 Å². The Bertz CT molecular complexity index is 421. The van der Waals surface area contributed by atoms with Crippen LogP contribution >= 0.6 is 11.3 Å². The molecular formula is C15H22N2O2S. The van der Waals surface area contributed by atoms with Crippen molar-refractivity contribution in [3.63, 3.8) is 0 Å². The summed E-state index contributed by atoms with van der Waals surface area (Å²) in [6.07, 6.45) is 7.33. The van der Waals surface area contributed by atoms with Gasteiger partial charge in [0.2, 0.25) is 0 Å². The Kier molecular flexibility index (Phi) is 3.77. The molecule has 4 nitrogen and oxygen atoms in total. The SMILES string of the molecule is c1csc(CN2[C@H]3COC[C@H]2CC(OCC2CC2)C3)n1. The first-order valence-electron chi connectivity index (χ1n) is 7.72. The highest BCUT2D eigenvalue weighted by Gasteiger charge is 2.40. The molecule has 2 bridgehead atoms. The van der Waals surface area contributed by atoms with Crippen molar-refractivity contribution < 1.29 is 9.47 Å². The summed E-state index contributed by atoms with van der Waals surface area (Å²) in [6.45, 7) is 3.67. The highest BCUT2D eigenvalue weighted by atomic mass is 32.1. The molecule has 0 N–H and O–H groups in total. The van der Waals surface area contributed by atoms with Gasteiger partial charge in [0.05, 0.1) is 25.9 Å². The van der Waals surface area contributed by atoms with E-state index in [1.165, 1.54) is 17.8 Å². The summed E-state index contributed by atoms with van der Waals surface area (Å²) in [5.41, 5.74) is 0. The minimum Gasteiger partial charge on any atom is -0.378 e. The van der Waals surface area contributed by atoms with E-state index < -0.39 is 0 Å². The van der Waals surface area contributed by atoms with Crippen molar-refractivity contribution in [1.29, 1.82) is 0 Å². The molecule has 2 atom stereocenters. The van der Waals surface area contributed by atoms with E-state index in [9.17, 15) is 0 Å². The van der Waals surface area contributed by atoms with Crippen LogP contribution in [0.4, 0.5) is 0 Å². The molecule has 2 saturated heterocycles. The monoisotopic (exact) mass is 294 g/mol. The number of ether oxygens (including phenoxy) is 2. The third kappa shape index (κ3) is 2.91. The van der Waals surface area contributed by atoms with E-state index in [0.717, 1.165) is 45.1 Å². The molecule has 1 aromatic rings. The zero-order valence-corrected chi connectivity index (χ0v) is 12.6. The summed E-state index contributed by atoms with van der Waals surface area (Å²) in [5, 5.41) is 3.28. The fraction of sp³-hybridized carbons (Fsp3) is 0.800. The maximum atomic E-state index is 6.13. The molecule has 5 heteroatoms. The summed E-state index contributed by atoms with van der Waals surface area (Å²) in [5.74, 6) is 0.861. The first-order chi connectivity index (χ1) is 9.88. The van der Waals surface area contributed by atoms with Crippen molar-refractivity contribution in [2.45, 2.75) is 50.4 Å². The summed E-state index contributed by atoms with van der Waals surface area (Å²) in [4.78, 5) is 7.03. The summed E-state index contributed by atoms with van der Waals surface area (Å²) >= 11 is 1.75. The van der Waals surface area contributed by atoms with E-state index >= 15 is 0 Å². The number of rotatable bonds is 5. The number of morpholine rings is 1. The van der Waals surface area contributed by atoms with Gasteiger partial charge >= 0.3 is 0 Å². The molecule has 0 unspecified atom stereocenters. The van der Waals surface area contributed by atoms with Crippen LogP contribution in [0.5, 0.6) is 0 Å². The molecule has 3 aliphatic rings. The minimum absolute atomic E-state index is 0.446. The number of hydrogen-bond acceptors (Lipinski definition) is 5. The quantitative estimate of drug-likeness (QED) is 0.834. The largest absolute Gasteiger partial charge is 0.378 e. The van der Waals surface area contributed by atoms with Crippen LogP contribution in [0.25, 0.3) is 0 Å². The smallest absolute Gasteiger partial charge is 0.107 e. The Morgan fingerprint density at radius 2 is 2.10 bits per heavy atom. The van der Waals surface area contributed by atoms with Gasteiger partial charge in [-0.2, -0.15) is 0 Å². The van der Waals surface area contributed by atoms with Gasteiger partial charge in [0.25, 0.3) is 0 Å². The second-order valence-corrected chi connectivity index (χ2v) is 7.29. The highest BCUT2D eigenvalue weighted by Crippen LogP contribution is 2.34. The lowest BCUT2D eigenvalue weighted by molar-refractivity contribution is -0.123. The van der Waals surface area contributed by atoms with Crippen LogP contribution in [0.15, 0.2) is 11.6 Å². The Morgan fingerprint density at radius 1 is 1.30 bits per heavy atom. The van der Waals surface area contributed by atoms with Gasteiger partial charge in [-0.05, 0) is 31.6 Å². The molecule has 0 amide bonds. The van der Waals surface area contributed by atoms with Crippen LogP contribution in [0, 0.1) is 5.92 Å². The number of thiazole rings is 1. The number of hydrogen-bond donors (Lipinski definition) is 0. The van der Waals surface area contributed by atoms with Crippen LogP contribution in [-0.4, -0.2) is 47.9 Å². The Labute approximate surface area is 124 Å². The lowest BCUT2D eigenvalue weighted by Crippen LogP contribution is -2.57. The van der Waals surface area contributed by atoms with Crippen molar-refractivity contribution in [3.8, 4) is 0 Å². The molecule has 4 rings (SSSR count). The van der Waals surface area contributed by atoms with Gasteiger partial charge < -0.3 is 9.47 Å². The molecule has 3 fully saturated rings. The normalized spacial score (nSPS) is 34.3. The molecular weight excluding hydrogens is 272 g/mol. The zero-order chi connectivity index (χ0) is 13.4. The molecule has 0 spiro atoms. The zero-order valence-electron chi connectivity index (χ0n) is 11.7. The number of aromatic nitrogens is 1. The fourth-order valence-corrected chi connectivity index (χ4v) is 4.00. The molecule has 1 saturated carbocycles. The molecule has 0 aromatic carbocycles. The van der Waals surface area contributed by atoms with Crippen molar-refractivity contribution in [2.75, 3.05) is 19.8 Å². The van der Waals surface area contributed by atoms with Gasteiger partial charge in [-0.25, -0.2) is 4.98 Å². The molecule has 20 heavy (non-hydrogen) atoms. The average molecular weight is 294 g/mol. The summed E-state index contributed by atoms with van der Waals surface area (Å²) in [6, 6.07) is 1.02. The van der Waals surface area contributed by atoms with Crippen LogP contribution in [-0.2, 0) is 16.0 Å². The van der Waals surface area contributed by atoms with Crippen LogP contribution in [0.1, 0.15) is 30.7 Å². The van der Waals surface area contributed by atoms with Crippen molar-refractivity contribution >= 4 is 11.3 Å². The first kappa shape index (κ1) is 13.2. The standard InChI is InChI=1S/C15H22N2O2S/c1-2-11(1)8-19-14-5-12-9-18-10-13(6-14)17(12)7-15-16-3-4-20-15/h3-4,11-14H,1-2,5-10H2/t12-,13-/m1/s1. The maximum absolute atomic E-state index is 6.13. The Morgan fingerprint density at radius 3 is 2.75 bits per heavy atom. The number of nitrogens with zero attached hydrogens (tertiary/aromatic N) is 2. The summed E-state index contributed by atoms with van der Waals surface area (Å²) in [7, 11) is 0. The predicted octanol–water partition coefficient (Wildman–Crippen LogP) is 2.30. The van der Waals surface area contributed by atoms with E-state index in [1.54, 1.807) is 11.3 Å². The van der Waals surface area contributed by atoms with E-state index in [2.05, 4.69) is 15.3 Å². The Hall–Kier alpha value is -0.490. The van der Waals surface area contributed by atoms with E-state index in [0.29, 0.717) is 18.2 Å². The third-order valence-corrected chi connectivity index (χ3v) is 5.46. The molecule has 0 radical (unpaired) electrons. The fourth-order valence-electron chi connectivity index (χ4n) is 3.38. The van der Waals surface area contributed by atoms with Gasteiger partial charge in [0, 0.05) is 30.3 Å². The molecule has 2 aliphatic heterocycles. The number of fused-ring (bicyclic) bond motifs is 2. The lowest BCUT2D eigenvalue weighted by atomic mass is 9.92. The summed E-state index contributed by atoms with van der Waals surface area (Å²) < 4.78 is 11.9. The van der Waals surface area contributed by atoms with Gasteiger partial charge in [-0.15, -0.1) is 11.3 Å². The van der Waals surface area contributed by atoms with Gasteiger partial charge in [-0.3, -0.25) is 4.90 Å². The third-order valence-electron chi connectivity index (χ3n) is 4.69. The van der Waals surface area contributed by atoms with Crippen molar-refractivity contribution in [1.82, 2.24) is 9.88 Å². The first-order valence-corrected chi connectivity index (χ1v) is 8.60. The predicted molar refractivity (Wildman–Crippen MR) is 77.8 cm³/mol. The van der Waals surface area contributed by atoms with Crippen LogP contribution in [0.3, 0.4) is 0 Å². The van der Waals surface area contributed by atoms with Gasteiger partial charge in [0.15, 0.2) is 0 Å². The van der Waals surface area contributed by atoms with Gasteiger partial charge in [0.1, 0.15) is 5.01 Å². The van der Waals surface area contributed by atoms with Crippen LogP contribution < -0.4 is 0 Å². The Balaban J connectivity index is 1.38.